The number of hydrogen-bond acceptors (Lipinski definition) is 4. The Hall–Kier alpha value is -3.24. The van der Waals surface area contributed by atoms with Gasteiger partial charge in [-0.05, 0) is 66.3 Å². The van der Waals surface area contributed by atoms with Crippen LogP contribution in [0.25, 0.3) is 0 Å². The zero-order chi connectivity index (χ0) is 22.8. The molecule has 0 bridgehead atoms. The molecule has 0 saturated carbocycles. The van der Waals surface area contributed by atoms with E-state index >= 15 is 0 Å². The second-order valence-corrected chi connectivity index (χ2v) is 8.79. The first-order valence-electron chi connectivity index (χ1n) is 11.3. The molecule has 1 heterocycles. The minimum absolute atomic E-state index is 0.284. The Morgan fingerprint density at radius 3 is 2.73 bits per heavy atom. The lowest BCUT2D eigenvalue weighted by Crippen LogP contribution is -2.28. The second kappa shape index (κ2) is 9.32. The standard InChI is InChI=1S/C28H27ClN2O2/c1-3-33-26-16-18(15-24(29)28(26)32-2)17-30-20-13-11-19(12-14-20)27-23-9-6-8-21(23)22-7-4-5-10-25(22)31-27/h4-8,10-17,21,23,27,31H,3,9H2,1-2H3/t21-,23+,27+/m1/s1. The maximum atomic E-state index is 6.36. The normalized spacial score (nSPS) is 20.9. The maximum Gasteiger partial charge on any atom is 0.179 e. The summed E-state index contributed by atoms with van der Waals surface area (Å²) in [6.07, 6.45) is 7.58. The van der Waals surface area contributed by atoms with Crippen molar-refractivity contribution in [1.29, 1.82) is 0 Å². The summed E-state index contributed by atoms with van der Waals surface area (Å²) in [7, 11) is 1.59. The Kier molecular flexibility index (Phi) is 6.10. The van der Waals surface area contributed by atoms with E-state index in [1.807, 2.05) is 19.1 Å². The zero-order valence-electron chi connectivity index (χ0n) is 18.8. The van der Waals surface area contributed by atoms with Crippen LogP contribution in [0.15, 0.2) is 77.8 Å². The van der Waals surface area contributed by atoms with Gasteiger partial charge in [-0.15, -0.1) is 0 Å². The number of rotatable bonds is 6. The fourth-order valence-electron chi connectivity index (χ4n) is 4.91. The number of anilines is 1. The number of nitrogens with zero attached hydrogens (tertiary/aromatic N) is 1. The van der Waals surface area contributed by atoms with Gasteiger partial charge in [0.2, 0.25) is 0 Å². The molecule has 0 fully saturated rings. The van der Waals surface area contributed by atoms with Gasteiger partial charge in [0.05, 0.1) is 30.5 Å². The van der Waals surface area contributed by atoms with Gasteiger partial charge in [-0.1, -0.05) is 54.1 Å². The van der Waals surface area contributed by atoms with Crippen molar-refractivity contribution in [3.8, 4) is 11.5 Å². The van der Waals surface area contributed by atoms with E-state index < -0.39 is 0 Å². The van der Waals surface area contributed by atoms with Gasteiger partial charge < -0.3 is 14.8 Å². The average Bonchev–Trinajstić information content (AvgIpc) is 3.33. The van der Waals surface area contributed by atoms with Crippen LogP contribution in [0.4, 0.5) is 11.4 Å². The monoisotopic (exact) mass is 458 g/mol. The molecule has 0 unspecified atom stereocenters. The molecule has 33 heavy (non-hydrogen) atoms. The van der Waals surface area contributed by atoms with Crippen molar-refractivity contribution in [3.05, 3.63) is 94.5 Å². The summed E-state index contributed by atoms with van der Waals surface area (Å²) in [5.41, 5.74) is 5.67. The number of ether oxygens (including phenoxy) is 2. The van der Waals surface area contributed by atoms with Crippen molar-refractivity contribution in [2.45, 2.75) is 25.3 Å². The van der Waals surface area contributed by atoms with Gasteiger partial charge in [0.25, 0.3) is 0 Å². The van der Waals surface area contributed by atoms with Crippen LogP contribution >= 0.6 is 11.6 Å². The van der Waals surface area contributed by atoms with E-state index in [1.165, 1.54) is 16.8 Å². The van der Waals surface area contributed by atoms with Crippen LogP contribution in [-0.4, -0.2) is 19.9 Å². The molecule has 3 aromatic rings. The molecule has 1 N–H and O–H groups in total. The summed E-state index contributed by atoms with van der Waals surface area (Å²) >= 11 is 6.36. The first-order valence-corrected chi connectivity index (χ1v) is 11.7. The van der Waals surface area contributed by atoms with Crippen LogP contribution in [0.5, 0.6) is 11.5 Å². The van der Waals surface area contributed by atoms with Crippen molar-refractivity contribution < 1.29 is 9.47 Å². The summed E-state index contributed by atoms with van der Waals surface area (Å²) in [6, 6.07) is 21.2. The van der Waals surface area contributed by atoms with Crippen LogP contribution in [0.1, 0.15) is 42.0 Å². The topological polar surface area (TPSA) is 42.8 Å². The third-order valence-corrected chi connectivity index (χ3v) is 6.70. The number of benzene rings is 3. The summed E-state index contributed by atoms with van der Waals surface area (Å²) in [5, 5.41) is 4.28. The molecular formula is C28H27ClN2O2. The molecule has 3 aromatic carbocycles. The number of para-hydroxylation sites is 1. The van der Waals surface area contributed by atoms with Crippen molar-refractivity contribution in [3.63, 3.8) is 0 Å². The van der Waals surface area contributed by atoms with Crippen molar-refractivity contribution in [1.82, 2.24) is 0 Å². The average molecular weight is 459 g/mol. The molecule has 0 saturated heterocycles. The number of methoxy groups -OCH3 is 1. The number of halogens is 1. The third-order valence-electron chi connectivity index (χ3n) is 6.42. The van der Waals surface area contributed by atoms with E-state index in [9.17, 15) is 0 Å². The minimum atomic E-state index is 0.284. The van der Waals surface area contributed by atoms with Gasteiger partial charge in [-0.2, -0.15) is 0 Å². The second-order valence-electron chi connectivity index (χ2n) is 8.38. The number of allylic oxidation sites excluding steroid dienone is 2. The maximum absolute atomic E-state index is 6.36. The fourth-order valence-corrected chi connectivity index (χ4v) is 5.21. The molecule has 0 amide bonds. The Bertz CT molecular complexity index is 1200. The lowest BCUT2D eigenvalue weighted by Gasteiger charge is -2.37. The highest BCUT2D eigenvalue weighted by molar-refractivity contribution is 6.32. The van der Waals surface area contributed by atoms with Gasteiger partial charge in [0.15, 0.2) is 11.5 Å². The number of aliphatic imine (C=N–C) groups is 1. The van der Waals surface area contributed by atoms with Gasteiger partial charge in [0.1, 0.15) is 0 Å². The van der Waals surface area contributed by atoms with Gasteiger partial charge in [-0.25, -0.2) is 0 Å². The predicted molar refractivity (Wildman–Crippen MR) is 136 cm³/mol. The molecule has 0 spiro atoms. The highest BCUT2D eigenvalue weighted by Crippen LogP contribution is 2.49. The molecular weight excluding hydrogens is 432 g/mol. The lowest BCUT2D eigenvalue weighted by atomic mass is 9.77. The summed E-state index contributed by atoms with van der Waals surface area (Å²) in [6.45, 7) is 2.46. The lowest BCUT2D eigenvalue weighted by molar-refractivity contribution is 0.311. The van der Waals surface area contributed by atoms with Crippen molar-refractivity contribution in [2.75, 3.05) is 19.0 Å². The highest BCUT2D eigenvalue weighted by atomic mass is 35.5. The summed E-state index contributed by atoms with van der Waals surface area (Å²) in [5.74, 6) is 2.17. The molecule has 0 radical (unpaired) electrons. The van der Waals surface area contributed by atoms with E-state index in [2.05, 4.69) is 71.0 Å². The Morgan fingerprint density at radius 1 is 1.12 bits per heavy atom. The van der Waals surface area contributed by atoms with Crippen LogP contribution in [0.3, 0.4) is 0 Å². The first-order chi connectivity index (χ1) is 16.2. The van der Waals surface area contributed by atoms with Gasteiger partial charge in [-0.3, -0.25) is 4.99 Å². The van der Waals surface area contributed by atoms with E-state index in [0.29, 0.717) is 35.0 Å². The number of hydrogen-bond donors (Lipinski definition) is 1. The van der Waals surface area contributed by atoms with Gasteiger partial charge >= 0.3 is 0 Å². The van der Waals surface area contributed by atoms with Crippen molar-refractivity contribution >= 4 is 29.2 Å². The molecule has 168 valence electrons. The van der Waals surface area contributed by atoms with Crippen LogP contribution in [0.2, 0.25) is 5.02 Å². The molecule has 1 aliphatic carbocycles. The van der Waals surface area contributed by atoms with Crippen molar-refractivity contribution in [2.24, 2.45) is 10.9 Å². The Morgan fingerprint density at radius 2 is 1.94 bits per heavy atom. The van der Waals surface area contributed by atoms with E-state index in [0.717, 1.165) is 17.7 Å². The van der Waals surface area contributed by atoms with E-state index in [4.69, 9.17) is 21.1 Å². The SMILES string of the molecule is CCOc1cc(C=Nc2ccc([C@@H]3Nc4ccccc4[C@H]4C=CC[C@@H]43)cc2)cc(Cl)c1OC. The first kappa shape index (κ1) is 21.6. The van der Waals surface area contributed by atoms with Crippen LogP contribution < -0.4 is 14.8 Å². The smallest absolute Gasteiger partial charge is 0.179 e. The van der Waals surface area contributed by atoms with Gasteiger partial charge in [0, 0.05) is 17.8 Å². The Labute approximate surface area is 199 Å². The van der Waals surface area contributed by atoms with Crippen LogP contribution in [-0.2, 0) is 0 Å². The summed E-state index contributed by atoms with van der Waals surface area (Å²) in [4.78, 5) is 4.65. The molecule has 5 heteroatoms. The summed E-state index contributed by atoms with van der Waals surface area (Å²) < 4.78 is 11.0. The largest absolute Gasteiger partial charge is 0.491 e. The molecule has 2 aliphatic rings. The fraction of sp³-hybridized carbons (Fsp3) is 0.250. The Balaban J connectivity index is 1.36. The number of fused-ring (bicyclic) bond motifs is 3. The predicted octanol–water partition coefficient (Wildman–Crippen LogP) is 7.32. The molecule has 1 aliphatic heterocycles. The highest BCUT2D eigenvalue weighted by Gasteiger charge is 2.37. The zero-order valence-corrected chi connectivity index (χ0v) is 19.5. The van der Waals surface area contributed by atoms with E-state index in [1.54, 1.807) is 13.3 Å². The van der Waals surface area contributed by atoms with E-state index in [-0.39, 0.29) is 6.04 Å². The minimum Gasteiger partial charge on any atom is -0.491 e. The molecule has 0 aromatic heterocycles. The molecule has 5 rings (SSSR count). The third kappa shape index (κ3) is 4.23. The van der Waals surface area contributed by atoms with Crippen LogP contribution in [0, 0.1) is 5.92 Å². The molecule has 3 atom stereocenters. The molecule has 4 nitrogen and oxygen atoms in total. The number of nitrogens with one attached hydrogen (secondary N) is 1. The quantitative estimate of drug-likeness (QED) is 0.310.